The van der Waals surface area contributed by atoms with Gasteiger partial charge in [-0.1, -0.05) is 25.1 Å². The van der Waals surface area contributed by atoms with Gasteiger partial charge in [0.05, 0.1) is 6.07 Å². The summed E-state index contributed by atoms with van der Waals surface area (Å²) < 4.78 is 0. The van der Waals surface area contributed by atoms with Crippen molar-refractivity contribution in [3.8, 4) is 6.07 Å². The Morgan fingerprint density at radius 2 is 2.24 bits per heavy atom. The van der Waals surface area contributed by atoms with Crippen molar-refractivity contribution in [3.05, 3.63) is 29.8 Å². The highest BCUT2D eigenvalue weighted by atomic mass is 16.2. The third-order valence-corrected chi connectivity index (χ3v) is 3.56. The topological polar surface area (TPSA) is 44.1 Å². The van der Waals surface area contributed by atoms with Crippen LogP contribution in [-0.2, 0) is 11.2 Å². The zero-order valence-electron chi connectivity index (χ0n) is 10.2. The van der Waals surface area contributed by atoms with E-state index in [0.717, 1.165) is 12.1 Å². The van der Waals surface area contributed by atoms with Crippen molar-refractivity contribution in [1.29, 1.82) is 5.26 Å². The number of benzene rings is 1. The van der Waals surface area contributed by atoms with E-state index in [9.17, 15) is 4.79 Å². The molecule has 1 aliphatic rings. The molecule has 0 aromatic heterocycles. The number of hydrogen-bond donors (Lipinski definition) is 0. The lowest BCUT2D eigenvalue weighted by Crippen LogP contribution is -2.40. The second-order valence-corrected chi connectivity index (χ2v) is 4.63. The van der Waals surface area contributed by atoms with Crippen LogP contribution in [0.4, 0.5) is 5.69 Å². The second kappa shape index (κ2) is 4.21. The maximum Gasteiger partial charge on any atom is 0.247 e. The summed E-state index contributed by atoms with van der Waals surface area (Å²) >= 11 is 0. The van der Waals surface area contributed by atoms with E-state index in [2.05, 4.69) is 6.07 Å². The number of carbonyl (C=O) groups is 1. The standard InChI is InChI=1S/C14H16N2O/c1-3-14(2,10-15)13(17)16-9-8-11-6-4-5-7-12(11)16/h4-7H,3,8-9H2,1-2H3. The Morgan fingerprint density at radius 3 is 2.88 bits per heavy atom. The van der Waals surface area contributed by atoms with Gasteiger partial charge in [-0.3, -0.25) is 4.79 Å². The minimum Gasteiger partial charge on any atom is -0.310 e. The number of anilines is 1. The number of nitrogens with zero attached hydrogens (tertiary/aromatic N) is 2. The molecule has 3 heteroatoms. The zero-order valence-corrected chi connectivity index (χ0v) is 10.2. The highest BCUT2D eigenvalue weighted by Crippen LogP contribution is 2.32. The molecule has 0 saturated carbocycles. The minimum atomic E-state index is -0.905. The smallest absolute Gasteiger partial charge is 0.247 e. The van der Waals surface area contributed by atoms with Gasteiger partial charge in [0, 0.05) is 12.2 Å². The predicted molar refractivity (Wildman–Crippen MR) is 66.5 cm³/mol. The van der Waals surface area contributed by atoms with Crippen molar-refractivity contribution in [2.24, 2.45) is 5.41 Å². The van der Waals surface area contributed by atoms with Crippen LogP contribution in [0.3, 0.4) is 0 Å². The van der Waals surface area contributed by atoms with Gasteiger partial charge in [-0.05, 0) is 31.4 Å². The molecule has 1 aromatic carbocycles. The molecule has 0 spiro atoms. The van der Waals surface area contributed by atoms with Crippen molar-refractivity contribution in [2.75, 3.05) is 11.4 Å². The molecule has 0 radical (unpaired) electrons. The van der Waals surface area contributed by atoms with Crippen LogP contribution < -0.4 is 4.90 Å². The van der Waals surface area contributed by atoms with Crippen molar-refractivity contribution < 1.29 is 4.79 Å². The number of hydrogen-bond acceptors (Lipinski definition) is 2. The predicted octanol–water partition coefficient (Wildman–Crippen LogP) is 2.52. The zero-order chi connectivity index (χ0) is 12.5. The third kappa shape index (κ3) is 1.80. The summed E-state index contributed by atoms with van der Waals surface area (Å²) in [6.45, 7) is 4.29. The second-order valence-electron chi connectivity index (χ2n) is 4.63. The average Bonchev–Trinajstić information content (AvgIpc) is 2.80. The summed E-state index contributed by atoms with van der Waals surface area (Å²) in [5.74, 6) is -0.0764. The Bertz CT molecular complexity index is 489. The lowest BCUT2D eigenvalue weighted by atomic mass is 9.88. The van der Waals surface area contributed by atoms with E-state index in [-0.39, 0.29) is 5.91 Å². The number of para-hydroxylation sites is 1. The van der Waals surface area contributed by atoms with Crippen LogP contribution in [0.15, 0.2) is 24.3 Å². The monoisotopic (exact) mass is 228 g/mol. The van der Waals surface area contributed by atoms with Crippen molar-refractivity contribution in [2.45, 2.75) is 26.7 Å². The highest BCUT2D eigenvalue weighted by Gasteiger charge is 2.38. The first-order chi connectivity index (χ1) is 8.12. The molecular weight excluding hydrogens is 212 g/mol. The van der Waals surface area contributed by atoms with Crippen LogP contribution in [0.25, 0.3) is 0 Å². The molecule has 1 aliphatic heterocycles. The Labute approximate surface area is 102 Å². The molecule has 0 N–H and O–H groups in total. The summed E-state index contributed by atoms with van der Waals surface area (Å²) in [6.07, 6.45) is 1.42. The Kier molecular flexibility index (Phi) is 2.89. The molecule has 0 saturated heterocycles. The highest BCUT2D eigenvalue weighted by molar-refractivity contribution is 6.00. The minimum absolute atomic E-state index is 0.0764. The molecule has 0 bridgehead atoms. The molecule has 1 heterocycles. The normalized spacial score (nSPS) is 17.1. The van der Waals surface area contributed by atoms with E-state index < -0.39 is 5.41 Å². The number of carbonyl (C=O) groups excluding carboxylic acids is 1. The summed E-state index contributed by atoms with van der Waals surface area (Å²) in [7, 11) is 0. The van der Waals surface area contributed by atoms with E-state index in [1.807, 2.05) is 31.2 Å². The lowest BCUT2D eigenvalue weighted by molar-refractivity contribution is -0.124. The summed E-state index contributed by atoms with van der Waals surface area (Å²) in [4.78, 5) is 14.1. The maximum absolute atomic E-state index is 12.4. The van der Waals surface area contributed by atoms with E-state index in [1.54, 1.807) is 11.8 Å². The van der Waals surface area contributed by atoms with E-state index in [4.69, 9.17) is 5.26 Å². The van der Waals surface area contributed by atoms with Gasteiger partial charge < -0.3 is 4.90 Å². The van der Waals surface area contributed by atoms with Crippen molar-refractivity contribution in [3.63, 3.8) is 0 Å². The van der Waals surface area contributed by atoms with Gasteiger partial charge in [-0.2, -0.15) is 5.26 Å². The number of amides is 1. The van der Waals surface area contributed by atoms with Crippen LogP contribution in [0.2, 0.25) is 0 Å². The van der Waals surface area contributed by atoms with Gasteiger partial charge >= 0.3 is 0 Å². The van der Waals surface area contributed by atoms with Crippen LogP contribution in [0, 0.1) is 16.7 Å². The molecule has 3 nitrogen and oxygen atoms in total. The molecule has 88 valence electrons. The van der Waals surface area contributed by atoms with Gasteiger partial charge in [0.1, 0.15) is 5.41 Å². The first kappa shape index (κ1) is 11.7. The summed E-state index contributed by atoms with van der Waals surface area (Å²) in [5, 5.41) is 9.17. The molecule has 0 fully saturated rings. The van der Waals surface area contributed by atoms with Crippen LogP contribution >= 0.6 is 0 Å². The lowest BCUT2D eigenvalue weighted by Gasteiger charge is -2.26. The van der Waals surface area contributed by atoms with Gasteiger partial charge in [0.25, 0.3) is 0 Å². The quantitative estimate of drug-likeness (QED) is 0.780. The van der Waals surface area contributed by atoms with Gasteiger partial charge in [-0.15, -0.1) is 0 Å². The Hall–Kier alpha value is -1.82. The summed E-state index contributed by atoms with van der Waals surface area (Å²) in [5.41, 5.74) is 1.25. The SMILES string of the molecule is CCC(C)(C#N)C(=O)N1CCc2ccccc21. The van der Waals surface area contributed by atoms with E-state index >= 15 is 0 Å². The fourth-order valence-electron chi connectivity index (χ4n) is 2.13. The largest absolute Gasteiger partial charge is 0.310 e. The number of rotatable bonds is 2. The van der Waals surface area contributed by atoms with Crippen molar-refractivity contribution in [1.82, 2.24) is 0 Å². The first-order valence-corrected chi connectivity index (χ1v) is 5.93. The third-order valence-electron chi connectivity index (χ3n) is 3.56. The molecule has 1 aromatic rings. The molecule has 2 rings (SSSR count). The molecular formula is C14H16N2O. The average molecular weight is 228 g/mol. The number of nitriles is 1. The molecule has 0 aliphatic carbocycles. The fourth-order valence-corrected chi connectivity index (χ4v) is 2.13. The molecule has 1 atom stereocenters. The number of fused-ring (bicyclic) bond motifs is 1. The van der Waals surface area contributed by atoms with Crippen molar-refractivity contribution >= 4 is 11.6 Å². The molecule has 1 amide bonds. The van der Waals surface area contributed by atoms with Gasteiger partial charge in [0.15, 0.2) is 0 Å². The fraction of sp³-hybridized carbons (Fsp3) is 0.429. The van der Waals surface area contributed by atoms with E-state index in [0.29, 0.717) is 13.0 Å². The molecule has 1 unspecified atom stereocenters. The summed E-state index contributed by atoms with van der Waals surface area (Å²) in [6, 6.07) is 10.0. The Morgan fingerprint density at radius 1 is 1.53 bits per heavy atom. The maximum atomic E-state index is 12.4. The van der Waals surface area contributed by atoms with Crippen LogP contribution in [0.1, 0.15) is 25.8 Å². The van der Waals surface area contributed by atoms with Crippen LogP contribution in [-0.4, -0.2) is 12.5 Å². The van der Waals surface area contributed by atoms with Crippen LogP contribution in [0.5, 0.6) is 0 Å². The van der Waals surface area contributed by atoms with E-state index in [1.165, 1.54) is 5.56 Å². The van der Waals surface area contributed by atoms with Gasteiger partial charge in [0.2, 0.25) is 5.91 Å². The molecule has 17 heavy (non-hydrogen) atoms. The van der Waals surface area contributed by atoms with Gasteiger partial charge in [-0.25, -0.2) is 0 Å². The first-order valence-electron chi connectivity index (χ1n) is 5.93. The Balaban J connectivity index is 2.33.